The number of hydrogen-bond donors (Lipinski definition) is 2. The minimum absolute atomic E-state index is 0.340. The Hall–Kier alpha value is -1.77. The largest absolute Gasteiger partial charge is 0.478 e. The summed E-state index contributed by atoms with van der Waals surface area (Å²) in [6, 6.07) is 7.06. The van der Waals surface area contributed by atoms with Crippen LogP contribution in [0.1, 0.15) is 81.5 Å². The van der Waals surface area contributed by atoms with Crippen LogP contribution in [0.15, 0.2) is 36.4 Å². The van der Waals surface area contributed by atoms with Gasteiger partial charge >= 0.3 is 5.97 Å². The number of carboxylic acids is 1. The molecule has 0 saturated heterocycles. The highest BCUT2D eigenvalue weighted by Gasteiger charge is 2.07. The first-order valence-corrected chi connectivity index (χ1v) is 9.47. The van der Waals surface area contributed by atoms with Gasteiger partial charge in [0.25, 0.3) is 0 Å². The van der Waals surface area contributed by atoms with E-state index in [4.69, 9.17) is 5.11 Å². The third-order valence-corrected chi connectivity index (χ3v) is 4.16. The standard InChI is InChI=1S/C21H33NO2/c1-2-3-4-5-6-7-8-9-10-11-12-15-18-22-20-17-14-13-16-19(20)21(23)24/h10-11,13-14,16-17,22H,2-9,12,15,18H2,1H3,(H,23,24)/b11-10+. The van der Waals surface area contributed by atoms with Crippen LogP contribution >= 0.6 is 0 Å². The highest BCUT2D eigenvalue weighted by atomic mass is 16.4. The third kappa shape index (κ3) is 9.39. The number of carbonyl (C=O) groups is 1. The molecule has 0 atom stereocenters. The van der Waals surface area contributed by atoms with Crippen molar-refractivity contribution in [3.63, 3.8) is 0 Å². The van der Waals surface area contributed by atoms with E-state index in [0.717, 1.165) is 19.4 Å². The van der Waals surface area contributed by atoms with Gasteiger partial charge in [-0.3, -0.25) is 0 Å². The lowest BCUT2D eigenvalue weighted by Gasteiger charge is -2.08. The molecule has 24 heavy (non-hydrogen) atoms. The number of benzene rings is 1. The van der Waals surface area contributed by atoms with E-state index < -0.39 is 5.97 Å². The molecular formula is C21H33NO2. The predicted molar refractivity (Wildman–Crippen MR) is 103 cm³/mol. The molecule has 0 aliphatic heterocycles. The summed E-state index contributed by atoms with van der Waals surface area (Å²) in [5.41, 5.74) is 1.05. The van der Waals surface area contributed by atoms with Crippen LogP contribution in [-0.2, 0) is 0 Å². The summed E-state index contributed by atoms with van der Waals surface area (Å²) in [5.74, 6) is -0.882. The Labute approximate surface area is 147 Å². The van der Waals surface area contributed by atoms with Crippen molar-refractivity contribution in [2.75, 3.05) is 11.9 Å². The van der Waals surface area contributed by atoms with Crippen LogP contribution in [0, 0.1) is 0 Å². The minimum atomic E-state index is -0.882. The van der Waals surface area contributed by atoms with E-state index in [1.165, 1.54) is 51.4 Å². The van der Waals surface area contributed by atoms with Crippen molar-refractivity contribution >= 4 is 11.7 Å². The first-order chi connectivity index (χ1) is 11.8. The maximum Gasteiger partial charge on any atom is 0.337 e. The van der Waals surface area contributed by atoms with Gasteiger partial charge in [-0.1, -0.05) is 69.7 Å². The van der Waals surface area contributed by atoms with Crippen molar-refractivity contribution in [3.05, 3.63) is 42.0 Å². The molecule has 0 bridgehead atoms. The van der Waals surface area contributed by atoms with Crippen LogP contribution in [0.25, 0.3) is 0 Å². The number of hydrogen-bond acceptors (Lipinski definition) is 2. The Balaban J connectivity index is 2.01. The number of anilines is 1. The molecular weight excluding hydrogens is 298 g/mol. The molecule has 0 spiro atoms. The summed E-state index contributed by atoms with van der Waals surface area (Å²) in [6.45, 7) is 3.05. The lowest BCUT2D eigenvalue weighted by Crippen LogP contribution is -2.07. The van der Waals surface area contributed by atoms with Crippen molar-refractivity contribution in [2.24, 2.45) is 0 Å². The molecule has 3 nitrogen and oxygen atoms in total. The van der Waals surface area contributed by atoms with Gasteiger partial charge in [0.15, 0.2) is 0 Å². The lowest BCUT2D eigenvalue weighted by atomic mass is 10.1. The zero-order valence-electron chi connectivity index (χ0n) is 15.1. The molecule has 0 aliphatic carbocycles. The second-order valence-corrected chi connectivity index (χ2v) is 6.30. The summed E-state index contributed by atoms with van der Waals surface area (Å²) in [4.78, 5) is 11.1. The molecule has 0 radical (unpaired) electrons. The van der Waals surface area contributed by atoms with E-state index >= 15 is 0 Å². The molecule has 1 aromatic carbocycles. The Kier molecular flexibility index (Phi) is 11.5. The topological polar surface area (TPSA) is 49.3 Å². The van der Waals surface area contributed by atoms with Crippen molar-refractivity contribution in [2.45, 2.75) is 71.1 Å². The maximum absolute atomic E-state index is 11.1. The van der Waals surface area contributed by atoms with Crippen molar-refractivity contribution in [1.82, 2.24) is 0 Å². The molecule has 1 rings (SSSR count). The number of carboxylic acid groups (broad SMARTS) is 1. The van der Waals surface area contributed by atoms with Crippen molar-refractivity contribution in [1.29, 1.82) is 0 Å². The summed E-state index contributed by atoms with van der Waals surface area (Å²) < 4.78 is 0. The fraction of sp³-hybridized carbons (Fsp3) is 0.571. The zero-order chi connectivity index (χ0) is 17.5. The van der Waals surface area contributed by atoms with Crippen LogP contribution in [0.5, 0.6) is 0 Å². The second kappa shape index (κ2) is 13.6. The van der Waals surface area contributed by atoms with Gasteiger partial charge in [-0.25, -0.2) is 4.79 Å². The van der Waals surface area contributed by atoms with E-state index in [0.29, 0.717) is 11.3 Å². The van der Waals surface area contributed by atoms with Crippen LogP contribution in [0.4, 0.5) is 5.69 Å². The van der Waals surface area contributed by atoms with Gasteiger partial charge in [0.2, 0.25) is 0 Å². The maximum atomic E-state index is 11.1. The second-order valence-electron chi connectivity index (χ2n) is 6.30. The number of rotatable bonds is 14. The fourth-order valence-electron chi connectivity index (χ4n) is 2.72. The van der Waals surface area contributed by atoms with Gasteiger partial charge in [0, 0.05) is 12.2 Å². The van der Waals surface area contributed by atoms with Gasteiger partial charge < -0.3 is 10.4 Å². The van der Waals surface area contributed by atoms with Crippen LogP contribution < -0.4 is 5.32 Å². The molecule has 0 unspecified atom stereocenters. The Morgan fingerprint density at radius 1 is 0.958 bits per heavy atom. The number of nitrogens with one attached hydrogen (secondary N) is 1. The molecule has 0 amide bonds. The van der Waals surface area contributed by atoms with Gasteiger partial charge in [-0.15, -0.1) is 0 Å². The number of allylic oxidation sites excluding steroid dienone is 2. The highest BCUT2D eigenvalue weighted by molar-refractivity contribution is 5.94. The van der Waals surface area contributed by atoms with E-state index in [1.54, 1.807) is 12.1 Å². The van der Waals surface area contributed by atoms with Gasteiger partial charge in [-0.05, 0) is 37.8 Å². The summed E-state index contributed by atoms with van der Waals surface area (Å²) >= 11 is 0. The van der Waals surface area contributed by atoms with Crippen molar-refractivity contribution in [3.8, 4) is 0 Å². The van der Waals surface area contributed by atoms with Gasteiger partial charge in [0.1, 0.15) is 0 Å². The van der Waals surface area contributed by atoms with Gasteiger partial charge in [-0.2, -0.15) is 0 Å². The van der Waals surface area contributed by atoms with Crippen LogP contribution in [0.3, 0.4) is 0 Å². The van der Waals surface area contributed by atoms with Crippen LogP contribution in [-0.4, -0.2) is 17.6 Å². The number of unbranched alkanes of at least 4 members (excludes halogenated alkanes) is 8. The molecule has 134 valence electrons. The normalized spacial score (nSPS) is 11.0. The Morgan fingerprint density at radius 2 is 1.58 bits per heavy atom. The summed E-state index contributed by atoms with van der Waals surface area (Å²) in [7, 11) is 0. The first-order valence-electron chi connectivity index (χ1n) is 9.47. The SMILES string of the molecule is CCCCCCCCC/C=C/CCCNc1ccccc1C(=O)O. The van der Waals surface area contributed by atoms with Crippen LogP contribution in [0.2, 0.25) is 0 Å². The third-order valence-electron chi connectivity index (χ3n) is 4.16. The van der Waals surface area contributed by atoms with E-state index in [-0.39, 0.29) is 0 Å². The van der Waals surface area contributed by atoms with E-state index in [9.17, 15) is 4.79 Å². The lowest BCUT2D eigenvalue weighted by molar-refractivity contribution is 0.0698. The molecule has 0 aromatic heterocycles. The molecule has 0 heterocycles. The monoisotopic (exact) mass is 331 g/mol. The average molecular weight is 332 g/mol. The smallest absolute Gasteiger partial charge is 0.337 e. The number of aromatic carboxylic acids is 1. The highest BCUT2D eigenvalue weighted by Crippen LogP contribution is 2.15. The number of para-hydroxylation sites is 1. The minimum Gasteiger partial charge on any atom is -0.478 e. The van der Waals surface area contributed by atoms with E-state index in [2.05, 4.69) is 24.4 Å². The Bertz CT molecular complexity index is 482. The van der Waals surface area contributed by atoms with E-state index in [1.807, 2.05) is 12.1 Å². The predicted octanol–water partition coefficient (Wildman–Crippen LogP) is 6.27. The summed E-state index contributed by atoms with van der Waals surface area (Å²) in [5, 5.41) is 12.3. The average Bonchev–Trinajstić information content (AvgIpc) is 2.59. The molecule has 0 fully saturated rings. The quantitative estimate of drug-likeness (QED) is 0.312. The summed E-state index contributed by atoms with van der Waals surface area (Å²) in [6.07, 6.45) is 17.3. The molecule has 1 aromatic rings. The Morgan fingerprint density at radius 3 is 2.29 bits per heavy atom. The first kappa shape index (κ1) is 20.3. The molecule has 2 N–H and O–H groups in total. The zero-order valence-corrected chi connectivity index (χ0v) is 15.1. The fourth-order valence-corrected chi connectivity index (χ4v) is 2.72. The van der Waals surface area contributed by atoms with Crippen molar-refractivity contribution < 1.29 is 9.90 Å². The molecule has 0 aliphatic rings. The molecule has 3 heteroatoms. The molecule has 0 saturated carbocycles. The van der Waals surface area contributed by atoms with Gasteiger partial charge in [0.05, 0.1) is 5.56 Å².